The van der Waals surface area contributed by atoms with Crippen LogP contribution in [0.25, 0.3) is 11.1 Å². The first-order valence-electron chi connectivity index (χ1n) is 9.64. The van der Waals surface area contributed by atoms with E-state index in [0.717, 1.165) is 42.6 Å². The molecule has 1 saturated heterocycles. The highest BCUT2D eigenvalue weighted by Crippen LogP contribution is 2.21. The average Bonchev–Trinajstić information content (AvgIpc) is 3.26. The van der Waals surface area contributed by atoms with E-state index < -0.39 is 0 Å². The van der Waals surface area contributed by atoms with Crippen molar-refractivity contribution in [1.29, 1.82) is 0 Å². The lowest BCUT2D eigenvalue weighted by Gasteiger charge is -2.22. The van der Waals surface area contributed by atoms with Gasteiger partial charge in [0, 0.05) is 12.4 Å². The Labute approximate surface area is 188 Å². The zero-order valence-corrected chi connectivity index (χ0v) is 18.3. The molecule has 2 aromatic heterocycles. The van der Waals surface area contributed by atoms with Gasteiger partial charge < -0.3 is 10.6 Å². The number of hydrogen-bond acceptors (Lipinski definition) is 5. The molecule has 7 nitrogen and oxygen atoms in total. The van der Waals surface area contributed by atoms with Gasteiger partial charge in [-0.2, -0.15) is 0 Å². The molecule has 1 aliphatic rings. The Morgan fingerprint density at radius 2 is 1.87 bits per heavy atom. The average molecular weight is 449 g/mol. The van der Waals surface area contributed by atoms with Gasteiger partial charge in [0.15, 0.2) is 5.69 Å². The molecule has 4 rings (SSSR count). The first-order valence-corrected chi connectivity index (χ1v) is 9.64. The summed E-state index contributed by atoms with van der Waals surface area (Å²) >= 11 is 0. The minimum atomic E-state index is -0.205. The number of amides is 1. The van der Waals surface area contributed by atoms with Gasteiger partial charge in [-0.25, -0.2) is 4.68 Å². The van der Waals surface area contributed by atoms with Gasteiger partial charge in [-0.1, -0.05) is 35.5 Å². The first-order chi connectivity index (χ1) is 13.7. The van der Waals surface area contributed by atoms with E-state index in [9.17, 15) is 4.79 Å². The fourth-order valence-electron chi connectivity index (χ4n) is 3.48. The van der Waals surface area contributed by atoms with Gasteiger partial charge in [-0.15, -0.1) is 29.9 Å². The first kappa shape index (κ1) is 23.8. The SMILES string of the molecule is CC(NC(=O)c1cn(C2CCNCC2)nn1)c1ccc(-c2cccnc2)cc1.Cl.Cl. The third kappa shape index (κ3) is 5.56. The van der Waals surface area contributed by atoms with E-state index in [-0.39, 0.29) is 36.8 Å². The molecule has 30 heavy (non-hydrogen) atoms. The van der Waals surface area contributed by atoms with Crippen LogP contribution in [-0.2, 0) is 0 Å². The predicted octanol–water partition coefficient (Wildman–Crippen LogP) is 3.60. The summed E-state index contributed by atoms with van der Waals surface area (Å²) in [6.45, 7) is 3.91. The number of carbonyl (C=O) groups is 1. The van der Waals surface area contributed by atoms with E-state index in [1.807, 2.05) is 54.2 Å². The van der Waals surface area contributed by atoms with Crippen LogP contribution in [0.1, 0.15) is 47.9 Å². The molecule has 1 unspecified atom stereocenters. The maximum Gasteiger partial charge on any atom is 0.273 e. The van der Waals surface area contributed by atoms with Crippen molar-refractivity contribution in [3.8, 4) is 11.1 Å². The number of rotatable bonds is 5. The Balaban J connectivity index is 0.00000160. The number of nitrogens with zero attached hydrogens (tertiary/aromatic N) is 4. The Morgan fingerprint density at radius 1 is 1.13 bits per heavy atom. The maximum absolute atomic E-state index is 12.6. The van der Waals surface area contributed by atoms with E-state index in [1.165, 1.54) is 0 Å². The van der Waals surface area contributed by atoms with Crippen molar-refractivity contribution < 1.29 is 4.79 Å². The fourth-order valence-corrected chi connectivity index (χ4v) is 3.48. The van der Waals surface area contributed by atoms with Crippen molar-refractivity contribution in [1.82, 2.24) is 30.6 Å². The molecular formula is C21H26Cl2N6O. The number of carbonyl (C=O) groups excluding carboxylic acids is 1. The van der Waals surface area contributed by atoms with Gasteiger partial charge in [0.1, 0.15) is 0 Å². The molecule has 2 N–H and O–H groups in total. The molecule has 1 atom stereocenters. The van der Waals surface area contributed by atoms with Crippen molar-refractivity contribution >= 4 is 30.7 Å². The quantitative estimate of drug-likeness (QED) is 0.622. The van der Waals surface area contributed by atoms with Gasteiger partial charge in [0.2, 0.25) is 0 Å². The second kappa shape index (κ2) is 11.1. The lowest BCUT2D eigenvalue weighted by atomic mass is 10.0. The Kier molecular flexibility index (Phi) is 8.77. The normalized spacial score (nSPS) is 14.8. The molecule has 1 fully saturated rings. The van der Waals surface area contributed by atoms with Gasteiger partial charge >= 0.3 is 0 Å². The lowest BCUT2D eigenvalue weighted by Crippen LogP contribution is -2.29. The number of piperidine rings is 1. The van der Waals surface area contributed by atoms with Crippen LogP contribution < -0.4 is 10.6 Å². The summed E-state index contributed by atoms with van der Waals surface area (Å²) in [7, 11) is 0. The topological polar surface area (TPSA) is 84.7 Å². The third-order valence-corrected chi connectivity index (χ3v) is 5.18. The number of pyridine rings is 1. The highest BCUT2D eigenvalue weighted by Gasteiger charge is 2.20. The van der Waals surface area contributed by atoms with Gasteiger partial charge in [-0.3, -0.25) is 9.78 Å². The zero-order chi connectivity index (χ0) is 19.3. The highest BCUT2D eigenvalue weighted by atomic mass is 35.5. The minimum Gasteiger partial charge on any atom is -0.344 e. The summed E-state index contributed by atoms with van der Waals surface area (Å²) in [6, 6.07) is 12.3. The molecule has 1 amide bonds. The van der Waals surface area contributed by atoms with Crippen molar-refractivity contribution in [2.75, 3.05) is 13.1 Å². The minimum absolute atomic E-state index is 0. The fraction of sp³-hybridized carbons (Fsp3) is 0.333. The van der Waals surface area contributed by atoms with Gasteiger partial charge in [0.05, 0.1) is 18.3 Å². The predicted molar refractivity (Wildman–Crippen MR) is 121 cm³/mol. The Morgan fingerprint density at radius 3 is 2.53 bits per heavy atom. The summed E-state index contributed by atoms with van der Waals surface area (Å²) in [4.78, 5) is 16.7. The molecule has 0 saturated carbocycles. The molecule has 9 heteroatoms. The van der Waals surface area contributed by atoms with Crippen molar-refractivity contribution in [3.05, 3.63) is 66.2 Å². The van der Waals surface area contributed by atoms with E-state index in [4.69, 9.17) is 0 Å². The van der Waals surface area contributed by atoms with Crippen LogP contribution in [0.3, 0.4) is 0 Å². The van der Waals surface area contributed by atoms with Gasteiger partial charge in [0.25, 0.3) is 5.91 Å². The molecule has 0 bridgehead atoms. The van der Waals surface area contributed by atoms with Crippen LogP contribution in [0.5, 0.6) is 0 Å². The molecule has 3 heterocycles. The van der Waals surface area contributed by atoms with Crippen LogP contribution in [0.4, 0.5) is 0 Å². The van der Waals surface area contributed by atoms with Crippen LogP contribution >= 0.6 is 24.8 Å². The molecule has 0 radical (unpaired) electrons. The van der Waals surface area contributed by atoms with E-state index >= 15 is 0 Å². The van der Waals surface area contributed by atoms with Crippen LogP contribution in [0, 0.1) is 0 Å². The largest absolute Gasteiger partial charge is 0.344 e. The highest BCUT2D eigenvalue weighted by molar-refractivity contribution is 5.92. The molecular weight excluding hydrogens is 423 g/mol. The number of aromatic nitrogens is 4. The lowest BCUT2D eigenvalue weighted by molar-refractivity contribution is 0.0934. The van der Waals surface area contributed by atoms with Crippen LogP contribution in [-0.4, -0.2) is 39.0 Å². The van der Waals surface area contributed by atoms with Crippen LogP contribution in [0.2, 0.25) is 0 Å². The summed E-state index contributed by atoms with van der Waals surface area (Å²) < 4.78 is 1.82. The van der Waals surface area contributed by atoms with Crippen molar-refractivity contribution in [2.45, 2.75) is 31.8 Å². The molecule has 160 valence electrons. The van der Waals surface area contributed by atoms with Gasteiger partial charge in [-0.05, 0) is 55.6 Å². The van der Waals surface area contributed by atoms with Crippen molar-refractivity contribution in [3.63, 3.8) is 0 Å². The van der Waals surface area contributed by atoms with E-state index in [1.54, 1.807) is 12.4 Å². The van der Waals surface area contributed by atoms with Crippen LogP contribution in [0.15, 0.2) is 55.0 Å². The van der Waals surface area contributed by atoms with E-state index in [0.29, 0.717) is 11.7 Å². The maximum atomic E-state index is 12.6. The van der Waals surface area contributed by atoms with Crippen molar-refractivity contribution in [2.24, 2.45) is 0 Å². The number of hydrogen-bond donors (Lipinski definition) is 2. The monoisotopic (exact) mass is 448 g/mol. The molecule has 1 aliphatic heterocycles. The standard InChI is InChI=1S/C21H24N6O.2ClH/c1-15(16-4-6-17(7-5-16)18-3-2-10-23-13-18)24-21(28)20-14-27(26-25-20)19-8-11-22-12-9-19;;/h2-7,10,13-15,19,22H,8-9,11-12H2,1H3,(H,24,28);2*1H. The Bertz CT molecular complexity index is 926. The summed E-state index contributed by atoms with van der Waals surface area (Å²) in [5, 5.41) is 14.6. The molecule has 3 aromatic rings. The molecule has 1 aromatic carbocycles. The number of nitrogens with one attached hydrogen (secondary N) is 2. The second-order valence-corrected chi connectivity index (χ2v) is 7.12. The second-order valence-electron chi connectivity index (χ2n) is 7.12. The third-order valence-electron chi connectivity index (χ3n) is 5.18. The smallest absolute Gasteiger partial charge is 0.273 e. The molecule has 0 spiro atoms. The number of halogens is 2. The summed E-state index contributed by atoms with van der Waals surface area (Å²) in [6.07, 6.45) is 7.36. The summed E-state index contributed by atoms with van der Waals surface area (Å²) in [5.41, 5.74) is 3.56. The number of benzene rings is 1. The summed E-state index contributed by atoms with van der Waals surface area (Å²) in [5.74, 6) is -0.205. The zero-order valence-electron chi connectivity index (χ0n) is 16.7. The van der Waals surface area contributed by atoms with E-state index in [2.05, 4.69) is 25.9 Å². The molecule has 0 aliphatic carbocycles. The Hall–Kier alpha value is -2.48.